The number of rotatable bonds is 5. The molecular weight excluding hydrogens is 559 g/mol. The normalized spacial score (nSPS) is 13.8. The molecule has 6 nitrogen and oxygen atoms in total. The van der Waals surface area contributed by atoms with Crippen LogP contribution in [0.2, 0.25) is 5.02 Å². The van der Waals surface area contributed by atoms with E-state index in [0.717, 1.165) is 41.1 Å². The van der Waals surface area contributed by atoms with Gasteiger partial charge in [0.05, 0.1) is 10.6 Å². The lowest BCUT2D eigenvalue weighted by Crippen LogP contribution is -2.49. The standard InChI is InChI=1S/C23H26ClIN4O2S/c1-15(2)13-21(30)29-11-9-28(10-12-29)18-6-4-17(5-7-18)26-23(32)27-22(31)19-14-16(25)3-8-20(19)24/h3-8,14-15H,9-13H2,1-2H3,(H2,26,27,31,32). The molecule has 1 aliphatic rings. The molecule has 2 aromatic rings. The van der Waals surface area contributed by atoms with Crippen LogP contribution in [-0.4, -0.2) is 48.0 Å². The third-order valence-corrected chi connectivity index (χ3v) is 6.31. The molecule has 1 aliphatic heterocycles. The molecule has 2 amide bonds. The minimum absolute atomic E-state index is 0.204. The van der Waals surface area contributed by atoms with Crippen molar-refractivity contribution in [2.45, 2.75) is 20.3 Å². The number of nitrogens with one attached hydrogen (secondary N) is 2. The Morgan fingerprint density at radius 1 is 1.09 bits per heavy atom. The molecule has 0 saturated carbocycles. The molecule has 0 aliphatic carbocycles. The van der Waals surface area contributed by atoms with Gasteiger partial charge < -0.3 is 15.1 Å². The predicted molar refractivity (Wildman–Crippen MR) is 143 cm³/mol. The van der Waals surface area contributed by atoms with Gasteiger partial charge in [-0.05, 0) is 83.2 Å². The molecule has 0 unspecified atom stereocenters. The van der Waals surface area contributed by atoms with Crippen molar-refractivity contribution in [3.8, 4) is 0 Å². The summed E-state index contributed by atoms with van der Waals surface area (Å²) in [5.74, 6) is 0.263. The van der Waals surface area contributed by atoms with Crippen LogP contribution in [0.5, 0.6) is 0 Å². The third kappa shape index (κ3) is 6.79. The maximum atomic E-state index is 12.5. The number of nitrogens with zero attached hydrogens (tertiary/aromatic N) is 2. The molecule has 0 radical (unpaired) electrons. The predicted octanol–water partition coefficient (Wildman–Crippen LogP) is 4.77. The van der Waals surface area contributed by atoms with Crippen LogP contribution in [0, 0.1) is 9.49 Å². The molecule has 32 heavy (non-hydrogen) atoms. The largest absolute Gasteiger partial charge is 0.368 e. The Morgan fingerprint density at radius 2 is 1.75 bits per heavy atom. The molecule has 9 heteroatoms. The summed E-state index contributed by atoms with van der Waals surface area (Å²) in [5, 5.41) is 6.28. The number of hydrogen-bond acceptors (Lipinski definition) is 4. The van der Waals surface area contributed by atoms with Gasteiger partial charge in [-0.2, -0.15) is 0 Å². The quantitative estimate of drug-likeness (QED) is 0.392. The second-order valence-corrected chi connectivity index (χ2v) is 10.1. The van der Waals surface area contributed by atoms with E-state index in [2.05, 4.69) is 52.0 Å². The van der Waals surface area contributed by atoms with E-state index in [1.165, 1.54) is 0 Å². The van der Waals surface area contributed by atoms with Crippen molar-refractivity contribution in [3.05, 3.63) is 56.6 Å². The van der Waals surface area contributed by atoms with E-state index in [9.17, 15) is 9.59 Å². The first kappa shape index (κ1) is 24.7. The van der Waals surface area contributed by atoms with E-state index < -0.39 is 0 Å². The van der Waals surface area contributed by atoms with Gasteiger partial charge >= 0.3 is 0 Å². The van der Waals surface area contributed by atoms with Crippen molar-refractivity contribution in [2.75, 3.05) is 36.4 Å². The van der Waals surface area contributed by atoms with Crippen LogP contribution in [0.1, 0.15) is 30.6 Å². The Kier molecular flexibility index (Phi) is 8.72. The first-order chi connectivity index (χ1) is 15.2. The number of benzene rings is 2. The number of anilines is 2. The maximum Gasteiger partial charge on any atom is 0.258 e. The van der Waals surface area contributed by atoms with Crippen LogP contribution in [0.4, 0.5) is 11.4 Å². The van der Waals surface area contributed by atoms with E-state index in [4.69, 9.17) is 23.8 Å². The molecule has 0 aromatic heterocycles. The Labute approximate surface area is 212 Å². The van der Waals surface area contributed by atoms with Gasteiger partial charge in [0, 0.05) is 47.5 Å². The number of piperazine rings is 1. The summed E-state index contributed by atoms with van der Waals surface area (Å²) in [4.78, 5) is 28.9. The van der Waals surface area contributed by atoms with Crippen LogP contribution < -0.4 is 15.5 Å². The van der Waals surface area contributed by atoms with Gasteiger partial charge in [-0.25, -0.2) is 0 Å². The molecule has 1 heterocycles. The van der Waals surface area contributed by atoms with Gasteiger partial charge in [0.25, 0.3) is 5.91 Å². The lowest BCUT2D eigenvalue weighted by Gasteiger charge is -2.36. The minimum atomic E-state index is -0.354. The molecule has 1 fully saturated rings. The van der Waals surface area contributed by atoms with Gasteiger partial charge in [0.2, 0.25) is 5.91 Å². The number of hydrogen-bond donors (Lipinski definition) is 2. The van der Waals surface area contributed by atoms with Crippen molar-refractivity contribution in [1.82, 2.24) is 10.2 Å². The monoisotopic (exact) mass is 584 g/mol. The van der Waals surface area contributed by atoms with E-state index in [1.54, 1.807) is 12.1 Å². The van der Waals surface area contributed by atoms with E-state index in [0.29, 0.717) is 22.9 Å². The van der Waals surface area contributed by atoms with Crippen LogP contribution in [0.25, 0.3) is 0 Å². The highest BCUT2D eigenvalue weighted by Gasteiger charge is 2.21. The average molecular weight is 585 g/mol. The zero-order valence-corrected chi connectivity index (χ0v) is 21.8. The molecule has 0 atom stereocenters. The smallest absolute Gasteiger partial charge is 0.258 e. The SMILES string of the molecule is CC(C)CC(=O)N1CCN(c2ccc(NC(=S)NC(=O)c3cc(I)ccc3Cl)cc2)CC1. The lowest BCUT2D eigenvalue weighted by atomic mass is 10.1. The van der Waals surface area contributed by atoms with Crippen molar-refractivity contribution in [3.63, 3.8) is 0 Å². The first-order valence-electron chi connectivity index (χ1n) is 10.4. The summed E-state index contributed by atoms with van der Waals surface area (Å²) in [7, 11) is 0. The molecule has 0 bridgehead atoms. The van der Waals surface area contributed by atoms with Gasteiger partial charge in [-0.1, -0.05) is 25.4 Å². The maximum absolute atomic E-state index is 12.5. The zero-order chi connectivity index (χ0) is 23.3. The summed E-state index contributed by atoms with van der Waals surface area (Å²) in [6, 6.07) is 13.1. The molecule has 1 saturated heterocycles. The van der Waals surface area contributed by atoms with E-state index >= 15 is 0 Å². The van der Waals surface area contributed by atoms with Crippen molar-refractivity contribution < 1.29 is 9.59 Å². The number of carbonyl (C=O) groups is 2. The fourth-order valence-corrected chi connectivity index (χ4v) is 4.36. The second kappa shape index (κ2) is 11.3. The third-order valence-electron chi connectivity index (χ3n) is 5.11. The Balaban J connectivity index is 1.51. The number of halogens is 2. The summed E-state index contributed by atoms with van der Waals surface area (Å²) in [5.41, 5.74) is 2.25. The van der Waals surface area contributed by atoms with Crippen LogP contribution in [-0.2, 0) is 4.79 Å². The summed E-state index contributed by atoms with van der Waals surface area (Å²) >= 11 is 13.5. The van der Waals surface area contributed by atoms with Crippen LogP contribution in [0.3, 0.4) is 0 Å². The molecule has 2 N–H and O–H groups in total. The van der Waals surface area contributed by atoms with E-state index in [1.807, 2.05) is 35.2 Å². The fourth-order valence-electron chi connectivity index (χ4n) is 3.45. The highest BCUT2D eigenvalue weighted by molar-refractivity contribution is 14.1. The van der Waals surface area contributed by atoms with Crippen LogP contribution in [0.15, 0.2) is 42.5 Å². The summed E-state index contributed by atoms with van der Waals surface area (Å²) < 4.78 is 0.914. The molecule has 0 spiro atoms. The Bertz CT molecular complexity index is 992. The molecule has 3 rings (SSSR count). The highest BCUT2D eigenvalue weighted by atomic mass is 127. The summed E-state index contributed by atoms with van der Waals surface area (Å²) in [6.07, 6.45) is 0.604. The molecule has 170 valence electrons. The van der Waals surface area contributed by atoms with E-state index in [-0.39, 0.29) is 16.9 Å². The fraction of sp³-hybridized carbons (Fsp3) is 0.348. The summed E-state index contributed by atoms with van der Waals surface area (Å²) in [6.45, 7) is 7.23. The van der Waals surface area contributed by atoms with Crippen molar-refractivity contribution >= 4 is 74.7 Å². The Morgan fingerprint density at radius 3 is 2.38 bits per heavy atom. The second-order valence-electron chi connectivity index (χ2n) is 8.05. The number of carbonyl (C=O) groups excluding carboxylic acids is 2. The number of amides is 2. The topological polar surface area (TPSA) is 64.7 Å². The number of thiocarbonyl (C=S) groups is 1. The zero-order valence-electron chi connectivity index (χ0n) is 18.0. The lowest BCUT2D eigenvalue weighted by molar-refractivity contribution is -0.132. The van der Waals surface area contributed by atoms with Gasteiger partial charge in [0.1, 0.15) is 0 Å². The van der Waals surface area contributed by atoms with Gasteiger partial charge in [0.15, 0.2) is 5.11 Å². The van der Waals surface area contributed by atoms with Crippen molar-refractivity contribution in [2.24, 2.45) is 5.92 Å². The minimum Gasteiger partial charge on any atom is -0.368 e. The molecular formula is C23H26ClIN4O2S. The Hall–Kier alpha value is -1.91. The van der Waals surface area contributed by atoms with Gasteiger partial charge in [-0.3, -0.25) is 14.9 Å². The highest BCUT2D eigenvalue weighted by Crippen LogP contribution is 2.21. The average Bonchev–Trinajstić information content (AvgIpc) is 2.75. The van der Waals surface area contributed by atoms with Gasteiger partial charge in [-0.15, -0.1) is 0 Å². The van der Waals surface area contributed by atoms with Crippen LogP contribution >= 0.6 is 46.4 Å². The molecule has 2 aromatic carbocycles. The van der Waals surface area contributed by atoms with Crippen molar-refractivity contribution in [1.29, 1.82) is 0 Å². The first-order valence-corrected chi connectivity index (χ1v) is 12.3.